The van der Waals surface area contributed by atoms with Crippen LogP contribution in [0.2, 0.25) is 0 Å². The average Bonchev–Trinajstić information content (AvgIpc) is 2.71. The third-order valence-corrected chi connectivity index (χ3v) is 2.98. The summed E-state index contributed by atoms with van der Waals surface area (Å²) < 4.78 is 0. The van der Waals surface area contributed by atoms with Crippen molar-refractivity contribution in [3.05, 3.63) is 0 Å². The van der Waals surface area contributed by atoms with E-state index in [-0.39, 0.29) is 11.5 Å². The van der Waals surface area contributed by atoms with Gasteiger partial charge in [-0.2, -0.15) is 0 Å². The van der Waals surface area contributed by atoms with Crippen LogP contribution in [0.4, 0.5) is 0 Å². The van der Waals surface area contributed by atoms with Gasteiger partial charge >= 0.3 is 0 Å². The van der Waals surface area contributed by atoms with Gasteiger partial charge < -0.3 is 5.11 Å². The lowest BCUT2D eigenvalue weighted by atomic mass is 9.79. The summed E-state index contributed by atoms with van der Waals surface area (Å²) in [5, 5.41) is 9.85. The quantitative estimate of drug-likeness (QED) is 0.672. The highest BCUT2D eigenvalue weighted by atomic mass is 16.3. The standard InChI is InChI=1S/C11H22O/c1-4-5-10(12)11(2,3)8-9-6-7-9/h9-10,12H,4-8H2,1-3H3. The maximum Gasteiger partial charge on any atom is 0.0591 e. The van der Waals surface area contributed by atoms with Gasteiger partial charge in [-0.1, -0.05) is 40.0 Å². The Hall–Kier alpha value is -0.0400. The Bertz CT molecular complexity index is 136. The molecule has 0 bridgehead atoms. The first-order valence-electron chi connectivity index (χ1n) is 5.24. The van der Waals surface area contributed by atoms with E-state index < -0.39 is 0 Å². The van der Waals surface area contributed by atoms with Crippen molar-refractivity contribution < 1.29 is 5.11 Å². The van der Waals surface area contributed by atoms with Gasteiger partial charge in [0, 0.05) is 0 Å². The molecule has 0 heterocycles. The van der Waals surface area contributed by atoms with Crippen molar-refractivity contribution in [1.29, 1.82) is 0 Å². The second-order valence-electron chi connectivity index (χ2n) is 4.94. The summed E-state index contributed by atoms with van der Waals surface area (Å²) in [4.78, 5) is 0. The third kappa shape index (κ3) is 2.78. The Kier molecular flexibility index (Phi) is 3.16. The zero-order chi connectivity index (χ0) is 9.19. The van der Waals surface area contributed by atoms with E-state index >= 15 is 0 Å². The SMILES string of the molecule is CCCC(O)C(C)(C)CC1CC1. The van der Waals surface area contributed by atoms with Crippen molar-refractivity contribution in [3.8, 4) is 0 Å². The molecule has 0 aromatic rings. The zero-order valence-electron chi connectivity index (χ0n) is 8.64. The monoisotopic (exact) mass is 170 g/mol. The highest BCUT2D eigenvalue weighted by Crippen LogP contribution is 2.42. The summed E-state index contributed by atoms with van der Waals surface area (Å²) in [7, 11) is 0. The predicted molar refractivity (Wildman–Crippen MR) is 52.0 cm³/mol. The highest BCUT2D eigenvalue weighted by Gasteiger charge is 2.34. The number of hydrogen-bond acceptors (Lipinski definition) is 1. The van der Waals surface area contributed by atoms with Crippen molar-refractivity contribution in [3.63, 3.8) is 0 Å². The first-order chi connectivity index (χ1) is 5.56. The molecule has 1 saturated carbocycles. The van der Waals surface area contributed by atoms with Crippen molar-refractivity contribution in [2.24, 2.45) is 11.3 Å². The van der Waals surface area contributed by atoms with Crippen LogP contribution < -0.4 is 0 Å². The Morgan fingerprint density at radius 3 is 2.42 bits per heavy atom. The van der Waals surface area contributed by atoms with Gasteiger partial charge in [-0.3, -0.25) is 0 Å². The Morgan fingerprint density at radius 1 is 1.42 bits per heavy atom. The van der Waals surface area contributed by atoms with Gasteiger partial charge in [-0.25, -0.2) is 0 Å². The molecule has 1 unspecified atom stereocenters. The van der Waals surface area contributed by atoms with Crippen LogP contribution >= 0.6 is 0 Å². The van der Waals surface area contributed by atoms with E-state index in [0.29, 0.717) is 0 Å². The molecule has 1 aliphatic carbocycles. The van der Waals surface area contributed by atoms with Crippen molar-refractivity contribution in [2.75, 3.05) is 0 Å². The van der Waals surface area contributed by atoms with Crippen LogP contribution in [0.1, 0.15) is 52.9 Å². The maximum absolute atomic E-state index is 9.85. The normalized spacial score (nSPS) is 21.0. The summed E-state index contributed by atoms with van der Waals surface area (Å²) in [6.07, 6.45) is 5.95. The molecule has 0 aromatic heterocycles. The van der Waals surface area contributed by atoms with Crippen LogP contribution in [0.15, 0.2) is 0 Å². The van der Waals surface area contributed by atoms with Gasteiger partial charge in [0.2, 0.25) is 0 Å². The second-order valence-corrected chi connectivity index (χ2v) is 4.94. The zero-order valence-corrected chi connectivity index (χ0v) is 8.64. The maximum atomic E-state index is 9.85. The van der Waals surface area contributed by atoms with Crippen LogP contribution in [0.25, 0.3) is 0 Å². The number of rotatable bonds is 5. The molecule has 1 N–H and O–H groups in total. The van der Waals surface area contributed by atoms with Crippen LogP contribution in [-0.4, -0.2) is 11.2 Å². The fraction of sp³-hybridized carbons (Fsp3) is 1.00. The lowest BCUT2D eigenvalue weighted by molar-refractivity contribution is 0.0328. The molecular weight excluding hydrogens is 148 g/mol. The third-order valence-electron chi connectivity index (χ3n) is 2.98. The van der Waals surface area contributed by atoms with Crippen LogP contribution in [0, 0.1) is 11.3 Å². The van der Waals surface area contributed by atoms with Crippen LogP contribution in [0.3, 0.4) is 0 Å². The molecule has 72 valence electrons. The lowest BCUT2D eigenvalue weighted by Crippen LogP contribution is -2.29. The molecule has 12 heavy (non-hydrogen) atoms. The number of hydrogen-bond donors (Lipinski definition) is 1. The van der Waals surface area contributed by atoms with E-state index in [9.17, 15) is 5.11 Å². The first kappa shape index (κ1) is 10.0. The van der Waals surface area contributed by atoms with E-state index in [1.807, 2.05) is 0 Å². The molecule has 0 spiro atoms. The fourth-order valence-corrected chi connectivity index (χ4v) is 1.87. The van der Waals surface area contributed by atoms with Crippen molar-refractivity contribution in [1.82, 2.24) is 0 Å². The second kappa shape index (κ2) is 3.78. The van der Waals surface area contributed by atoms with Crippen molar-refractivity contribution in [2.45, 2.75) is 59.0 Å². The molecule has 1 nitrogen and oxygen atoms in total. The smallest absolute Gasteiger partial charge is 0.0591 e. The van der Waals surface area contributed by atoms with Crippen LogP contribution in [-0.2, 0) is 0 Å². The topological polar surface area (TPSA) is 20.2 Å². The molecule has 1 rings (SSSR count). The summed E-state index contributed by atoms with van der Waals surface area (Å²) in [6, 6.07) is 0. The summed E-state index contributed by atoms with van der Waals surface area (Å²) in [5.41, 5.74) is 0.150. The van der Waals surface area contributed by atoms with E-state index in [4.69, 9.17) is 0 Å². The Labute approximate surface area is 76.2 Å². The van der Waals surface area contributed by atoms with Gasteiger partial charge in [0.1, 0.15) is 0 Å². The summed E-state index contributed by atoms with van der Waals surface area (Å²) in [6.45, 7) is 6.54. The molecule has 1 aliphatic rings. The molecule has 1 heteroatoms. The molecule has 1 atom stereocenters. The number of aliphatic hydroxyl groups is 1. The van der Waals surface area contributed by atoms with E-state index in [1.165, 1.54) is 19.3 Å². The highest BCUT2D eigenvalue weighted by molar-refractivity contribution is 4.85. The predicted octanol–water partition coefficient (Wildman–Crippen LogP) is 2.97. The van der Waals surface area contributed by atoms with Gasteiger partial charge in [0.15, 0.2) is 0 Å². The molecule has 0 aliphatic heterocycles. The number of aliphatic hydroxyl groups excluding tert-OH is 1. The lowest BCUT2D eigenvalue weighted by Gasteiger charge is -2.30. The summed E-state index contributed by atoms with van der Waals surface area (Å²) >= 11 is 0. The Morgan fingerprint density at radius 2 is 2.00 bits per heavy atom. The van der Waals surface area contributed by atoms with Crippen molar-refractivity contribution >= 4 is 0 Å². The average molecular weight is 170 g/mol. The molecule has 0 saturated heterocycles. The van der Waals surface area contributed by atoms with Gasteiger partial charge in [0.25, 0.3) is 0 Å². The minimum Gasteiger partial charge on any atom is -0.393 e. The van der Waals surface area contributed by atoms with E-state index in [0.717, 1.165) is 18.8 Å². The van der Waals surface area contributed by atoms with E-state index in [2.05, 4.69) is 20.8 Å². The molecule has 0 amide bonds. The molecular formula is C11H22O. The molecule has 0 aromatic carbocycles. The first-order valence-corrected chi connectivity index (χ1v) is 5.24. The van der Waals surface area contributed by atoms with Gasteiger partial charge in [-0.05, 0) is 24.2 Å². The largest absolute Gasteiger partial charge is 0.393 e. The molecule has 0 radical (unpaired) electrons. The fourth-order valence-electron chi connectivity index (χ4n) is 1.87. The Balaban J connectivity index is 2.32. The van der Waals surface area contributed by atoms with Gasteiger partial charge in [0.05, 0.1) is 6.10 Å². The molecule has 1 fully saturated rings. The summed E-state index contributed by atoms with van der Waals surface area (Å²) in [5.74, 6) is 0.923. The minimum atomic E-state index is -0.0944. The van der Waals surface area contributed by atoms with Crippen LogP contribution in [0.5, 0.6) is 0 Å². The van der Waals surface area contributed by atoms with Gasteiger partial charge in [-0.15, -0.1) is 0 Å². The van der Waals surface area contributed by atoms with E-state index in [1.54, 1.807) is 0 Å². The minimum absolute atomic E-state index is 0.0944.